The van der Waals surface area contributed by atoms with E-state index in [2.05, 4.69) is 0 Å². The molecule has 0 radical (unpaired) electrons. The Morgan fingerprint density at radius 3 is 2.57 bits per heavy atom. The minimum Gasteiger partial charge on any atom is -0.482 e. The quantitative estimate of drug-likeness (QED) is 0.782. The van der Waals surface area contributed by atoms with Crippen LogP contribution in [-0.4, -0.2) is 42.1 Å². The van der Waals surface area contributed by atoms with Gasteiger partial charge in [-0.2, -0.15) is 0 Å². The van der Waals surface area contributed by atoms with Crippen molar-refractivity contribution in [1.29, 1.82) is 0 Å². The third kappa shape index (κ3) is 4.94. The van der Waals surface area contributed by atoms with Gasteiger partial charge in [0.1, 0.15) is 11.6 Å². The maximum atomic E-state index is 13.0. The number of benzene rings is 1. The maximum absolute atomic E-state index is 13.0. The number of rotatable bonds is 5. The zero-order valence-electron chi connectivity index (χ0n) is 13.5. The molecule has 0 aromatic heterocycles. The number of likely N-dealkylation sites (tertiary alicyclic amines) is 1. The fourth-order valence-electron chi connectivity index (χ4n) is 2.87. The van der Waals surface area contributed by atoms with E-state index >= 15 is 0 Å². The van der Waals surface area contributed by atoms with Gasteiger partial charge >= 0.3 is 5.97 Å². The molecular weight excluding hydrogens is 301 g/mol. The van der Waals surface area contributed by atoms with E-state index in [9.17, 15) is 14.0 Å². The minimum atomic E-state index is -0.653. The van der Waals surface area contributed by atoms with Gasteiger partial charge in [0.15, 0.2) is 13.2 Å². The molecule has 1 heterocycles. The number of amides is 1. The van der Waals surface area contributed by atoms with Gasteiger partial charge in [0.05, 0.1) is 0 Å². The predicted molar refractivity (Wildman–Crippen MR) is 82.5 cm³/mol. The Labute approximate surface area is 135 Å². The van der Waals surface area contributed by atoms with Crippen molar-refractivity contribution in [2.75, 3.05) is 13.2 Å². The summed E-state index contributed by atoms with van der Waals surface area (Å²) in [6.45, 7) is 3.35. The third-order valence-electron chi connectivity index (χ3n) is 3.99. The van der Waals surface area contributed by atoms with Crippen molar-refractivity contribution in [3.8, 4) is 5.75 Å². The van der Waals surface area contributed by atoms with Crippen LogP contribution in [0.3, 0.4) is 0 Å². The second kappa shape index (κ2) is 7.94. The van der Waals surface area contributed by atoms with E-state index in [4.69, 9.17) is 9.47 Å². The van der Waals surface area contributed by atoms with Crippen LogP contribution in [0.4, 0.5) is 4.39 Å². The molecule has 1 amide bonds. The normalized spacial score (nSPS) is 20.9. The number of nitrogens with zero attached hydrogens (tertiary/aromatic N) is 1. The fourth-order valence-corrected chi connectivity index (χ4v) is 2.87. The highest BCUT2D eigenvalue weighted by Gasteiger charge is 2.29. The van der Waals surface area contributed by atoms with Crippen molar-refractivity contribution in [3.63, 3.8) is 0 Å². The summed E-state index contributed by atoms with van der Waals surface area (Å²) in [6, 6.07) is 5.81. The Morgan fingerprint density at radius 1 is 1.22 bits per heavy atom. The van der Waals surface area contributed by atoms with Gasteiger partial charge in [-0.05, 0) is 45.2 Å². The van der Waals surface area contributed by atoms with Crippen LogP contribution in [0.25, 0.3) is 0 Å². The van der Waals surface area contributed by atoms with Gasteiger partial charge in [-0.25, -0.2) is 9.18 Å². The first-order valence-electron chi connectivity index (χ1n) is 7.82. The van der Waals surface area contributed by atoms with Crippen molar-refractivity contribution >= 4 is 11.9 Å². The molecule has 0 unspecified atom stereocenters. The van der Waals surface area contributed by atoms with Gasteiger partial charge in [0.2, 0.25) is 0 Å². The molecule has 0 spiro atoms. The average Bonchev–Trinajstić information content (AvgIpc) is 2.51. The molecule has 1 aromatic carbocycles. The van der Waals surface area contributed by atoms with Gasteiger partial charge < -0.3 is 14.4 Å². The van der Waals surface area contributed by atoms with Crippen molar-refractivity contribution in [2.24, 2.45) is 0 Å². The molecule has 126 valence electrons. The second-order valence-electron chi connectivity index (χ2n) is 5.84. The van der Waals surface area contributed by atoms with Crippen LogP contribution in [0, 0.1) is 5.82 Å². The molecule has 1 aliphatic heterocycles. The van der Waals surface area contributed by atoms with Gasteiger partial charge in [0, 0.05) is 18.2 Å². The molecule has 1 saturated heterocycles. The topological polar surface area (TPSA) is 55.8 Å². The number of esters is 1. The van der Waals surface area contributed by atoms with E-state index < -0.39 is 11.8 Å². The van der Waals surface area contributed by atoms with Crippen molar-refractivity contribution in [3.05, 3.63) is 30.1 Å². The summed E-state index contributed by atoms with van der Waals surface area (Å²) in [7, 11) is 0. The number of ether oxygens (including phenoxy) is 2. The minimum absolute atomic E-state index is 0.161. The largest absolute Gasteiger partial charge is 0.482 e. The van der Waals surface area contributed by atoms with E-state index in [-0.39, 0.29) is 37.0 Å². The first-order valence-corrected chi connectivity index (χ1v) is 7.82. The monoisotopic (exact) mass is 323 g/mol. The summed E-state index contributed by atoms with van der Waals surface area (Å²) >= 11 is 0. The Balaban J connectivity index is 1.76. The molecular formula is C17H22FNO4. The summed E-state index contributed by atoms with van der Waals surface area (Å²) < 4.78 is 23.1. The summed E-state index contributed by atoms with van der Waals surface area (Å²) in [5.41, 5.74) is 0. The smallest absolute Gasteiger partial charge is 0.344 e. The van der Waals surface area contributed by atoms with Crippen LogP contribution >= 0.6 is 0 Å². The zero-order chi connectivity index (χ0) is 16.8. The van der Waals surface area contributed by atoms with Crippen LogP contribution in [0.5, 0.6) is 5.75 Å². The second-order valence-corrected chi connectivity index (χ2v) is 5.84. The molecule has 6 heteroatoms. The fraction of sp³-hybridized carbons (Fsp3) is 0.529. The molecule has 0 saturated carbocycles. The standard InChI is InChI=1S/C17H22FNO4/c1-12-5-3-6-13(2)19(12)16(20)10-23-17(21)11-22-15-8-4-7-14(18)9-15/h4,7-9,12-13H,3,5-6,10-11H2,1-2H3/t12-,13-/m0/s1. The van der Waals surface area contributed by atoms with E-state index in [1.54, 1.807) is 11.0 Å². The van der Waals surface area contributed by atoms with Gasteiger partial charge in [-0.1, -0.05) is 6.07 Å². The number of carbonyl (C=O) groups is 2. The Morgan fingerprint density at radius 2 is 1.91 bits per heavy atom. The van der Waals surface area contributed by atoms with E-state index in [1.807, 2.05) is 13.8 Å². The van der Waals surface area contributed by atoms with E-state index in [1.165, 1.54) is 18.2 Å². The molecule has 1 aliphatic rings. The molecule has 0 bridgehead atoms. The third-order valence-corrected chi connectivity index (χ3v) is 3.99. The zero-order valence-corrected chi connectivity index (χ0v) is 13.5. The molecule has 0 aliphatic carbocycles. The lowest BCUT2D eigenvalue weighted by atomic mass is 9.97. The summed E-state index contributed by atoms with van der Waals surface area (Å²) in [5.74, 6) is -1.05. The van der Waals surface area contributed by atoms with Gasteiger partial charge in [0.25, 0.3) is 5.91 Å². The molecule has 5 nitrogen and oxygen atoms in total. The number of carbonyl (C=O) groups excluding carboxylic acids is 2. The van der Waals surface area contributed by atoms with Crippen LogP contribution in [-0.2, 0) is 14.3 Å². The van der Waals surface area contributed by atoms with E-state index in [0.29, 0.717) is 0 Å². The average molecular weight is 323 g/mol. The SMILES string of the molecule is C[C@H]1CCC[C@H](C)N1C(=O)COC(=O)COc1cccc(F)c1. The Kier molecular flexibility index (Phi) is 5.96. The number of piperidine rings is 1. The van der Waals surface area contributed by atoms with Crippen LogP contribution in [0.15, 0.2) is 24.3 Å². The molecule has 2 rings (SSSR count). The number of halogens is 1. The summed E-state index contributed by atoms with van der Waals surface area (Å²) in [5, 5.41) is 0. The number of hydrogen-bond acceptors (Lipinski definition) is 4. The highest BCUT2D eigenvalue weighted by Crippen LogP contribution is 2.22. The maximum Gasteiger partial charge on any atom is 0.344 e. The molecule has 1 fully saturated rings. The molecule has 2 atom stereocenters. The molecule has 0 N–H and O–H groups in total. The van der Waals surface area contributed by atoms with Crippen LogP contribution in [0.2, 0.25) is 0 Å². The summed E-state index contributed by atoms with van der Waals surface area (Å²) in [4.78, 5) is 25.6. The highest BCUT2D eigenvalue weighted by atomic mass is 19.1. The Bertz CT molecular complexity index is 553. The lowest BCUT2D eigenvalue weighted by Crippen LogP contribution is -2.49. The lowest BCUT2D eigenvalue weighted by molar-refractivity contribution is -0.156. The lowest BCUT2D eigenvalue weighted by Gasteiger charge is -2.38. The molecule has 1 aromatic rings. The van der Waals surface area contributed by atoms with Crippen LogP contribution in [0.1, 0.15) is 33.1 Å². The molecule has 23 heavy (non-hydrogen) atoms. The van der Waals surface area contributed by atoms with Crippen molar-refractivity contribution in [1.82, 2.24) is 4.90 Å². The summed E-state index contributed by atoms with van der Waals surface area (Å²) in [6.07, 6.45) is 3.03. The highest BCUT2D eigenvalue weighted by molar-refractivity contribution is 5.81. The number of hydrogen-bond donors (Lipinski definition) is 0. The predicted octanol–water partition coefficient (Wildman–Crippen LogP) is 2.54. The van der Waals surface area contributed by atoms with Gasteiger partial charge in [-0.15, -0.1) is 0 Å². The Hall–Kier alpha value is -2.11. The van der Waals surface area contributed by atoms with Crippen molar-refractivity contribution in [2.45, 2.75) is 45.2 Å². The first-order chi connectivity index (χ1) is 11.0. The van der Waals surface area contributed by atoms with Crippen LogP contribution < -0.4 is 4.74 Å². The van der Waals surface area contributed by atoms with Gasteiger partial charge in [-0.3, -0.25) is 4.79 Å². The van der Waals surface area contributed by atoms with E-state index in [0.717, 1.165) is 19.3 Å². The van der Waals surface area contributed by atoms with Crippen molar-refractivity contribution < 1.29 is 23.5 Å². The first kappa shape index (κ1) is 17.2.